The minimum atomic E-state index is -0.592. The van der Waals surface area contributed by atoms with Crippen LogP contribution in [0.2, 0.25) is 0 Å². The average Bonchev–Trinajstić information content (AvgIpc) is 2.81. The SMILES string of the molecule is CCOc1ccc(N2NOC(=O)C2=CN=NC(N)=S)cc1. The fourth-order valence-electron chi connectivity index (χ4n) is 1.58. The van der Waals surface area contributed by atoms with E-state index < -0.39 is 5.97 Å². The van der Waals surface area contributed by atoms with Gasteiger partial charge in [-0.25, -0.2) is 9.80 Å². The number of nitrogens with one attached hydrogen (secondary N) is 1. The molecule has 0 unspecified atom stereocenters. The van der Waals surface area contributed by atoms with E-state index in [1.54, 1.807) is 24.3 Å². The highest BCUT2D eigenvalue weighted by Gasteiger charge is 2.29. The molecule has 0 spiro atoms. The van der Waals surface area contributed by atoms with Gasteiger partial charge in [0.15, 0.2) is 5.70 Å². The van der Waals surface area contributed by atoms with Crippen molar-refractivity contribution in [3.63, 3.8) is 0 Å². The molecule has 1 aliphatic heterocycles. The van der Waals surface area contributed by atoms with E-state index in [-0.39, 0.29) is 10.8 Å². The monoisotopic (exact) mass is 307 g/mol. The molecule has 9 heteroatoms. The summed E-state index contributed by atoms with van der Waals surface area (Å²) < 4.78 is 5.35. The van der Waals surface area contributed by atoms with Gasteiger partial charge in [-0.15, -0.1) is 5.11 Å². The van der Waals surface area contributed by atoms with E-state index >= 15 is 0 Å². The van der Waals surface area contributed by atoms with Crippen molar-refractivity contribution in [2.45, 2.75) is 6.92 Å². The van der Waals surface area contributed by atoms with Gasteiger partial charge in [0.25, 0.3) is 0 Å². The smallest absolute Gasteiger partial charge is 0.378 e. The quantitative estimate of drug-likeness (QED) is 0.492. The molecule has 0 radical (unpaired) electrons. The van der Waals surface area contributed by atoms with Crippen LogP contribution in [-0.2, 0) is 9.63 Å². The second-order valence-electron chi connectivity index (χ2n) is 3.81. The second-order valence-corrected chi connectivity index (χ2v) is 4.23. The molecule has 1 fully saturated rings. The zero-order chi connectivity index (χ0) is 15.2. The van der Waals surface area contributed by atoms with Gasteiger partial charge in [-0.1, -0.05) is 5.59 Å². The summed E-state index contributed by atoms with van der Waals surface area (Å²) in [5.74, 6) is 0.136. The molecule has 0 amide bonds. The predicted molar refractivity (Wildman–Crippen MR) is 79.0 cm³/mol. The number of carbonyl (C=O) groups excluding carboxylic acids is 1. The third-order valence-corrected chi connectivity index (χ3v) is 2.50. The fourth-order valence-corrected chi connectivity index (χ4v) is 1.63. The Morgan fingerprint density at radius 3 is 2.86 bits per heavy atom. The Bertz CT molecular complexity index is 599. The van der Waals surface area contributed by atoms with Crippen LogP contribution in [0.15, 0.2) is 46.4 Å². The maximum atomic E-state index is 11.6. The number of azo groups is 1. The summed E-state index contributed by atoms with van der Waals surface area (Å²) in [7, 11) is 0. The summed E-state index contributed by atoms with van der Waals surface area (Å²) in [6.45, 7) is 2.48. The van der Waals surface area contributed by atoms with E-state index in [1.807, 2.05) is 6.92 Å². The van der Waals surface area contributed by atoms with E-state index in [9.17, 15) is 4.79 Å². The maximum absolute atomic E-state index is 11.6. The van der Waals surface area contributed by atoms with Crippen LogP contribution in [0, 0.1) is 0 Å². The lowest BCUT2D eigenvalue weighted by molar-refractivity contribution is -0.140. The highest BCUT2D eigenvalue weighted by molar-refractivity contribution is 7.80. The summed E-state index contributed by atoms with van der Waals surface area (Å²) in [6.07, 6.45) is 1.21. The van der Waals surface area contributed by atoms with E-state index in [4.69, 9.17) is 15.3 Å². The molecular weight excluding hydrogens is 294 g/mol. The molecule has 3 N–H and O–H groups in total. The summed E-state index contributed by atoms with van der Waals surface area (Å²) in [4.78, 5) is 16.4. The van der Waals surface area contributed by atoms with Crippen LogP contribution in [-0.4, -0.2) is 17.7 Å². The third-order valence-electron chi connectivity index (χ3n) is 2.42. The van der Waals surface area contributed by atoms with E-state index in [2.05, 4.69) is 28.0 Å². The Hall–Kier alpha value is -2.52. The molecule has 1 aliphatic rings. The molecule has 110 valence electrons. The number of hydrogen-bond donors (Lipinski definition) is 2. The number of rotatable bonds is 4. The van der Waals surface area contributed by atoms with Gasteiger partial charge < -0.3 is 15.3 Å². The van der Waals surface area contributed by atoms with Crippen molar-refractivity contribution in [3.8, 4) is 5.75 Å². The summed E-state index contributed by atoms with van der Waals surface area (Å²) in [6, 6.07) is 7.08. The highest BCUT2D eigenvalue weighted by atomic mass is 32.1. The number of ether oxygens (including phenoxy) is 1. The molecule has 21 heavy (non-hydrogen) atoms. The Morgan fingerprint density at radius 1 is 1.52 bits per heavy atom. The number of thiocarbonyl (C=S) groups is 1. The molecule has 0 aliphatic carbocycles. The number of hydrogen-bond acceptors (Lipinski definition) is 7. The summed E-state index contributed by atoms with van der Waals surface area (Å²) in [5, 5.41) is 8.37. The summed E-state index contributed by atoms with van der Waals surface area (Å²) in [5.41, 5.74) is 8.48. The largest absolute Gasteiger partial charge is 0.494 e. The van der Waals surface area contributed by atoms with Crippen molar-refractivity contribution in [2.24, 2.45) is 16.0 Å². The van der Waals surface area contributed by atoms with Crippen LogP contribution < -0.4 is 21.1 Å². The number of benzene rings is 1. The van der Waals surface area contributed by atoms with Crippen molar-refractivity contribution in [2.75, 3.05) is 11.6 Å². The lowest BCUT2D eigenvalue weighted by Gasteiger charge is -2.15. The first kappa shape index (κ1) is 14.9. The zero-order valence-electron chi connectivity index (χ0n) is 11.1. The zero-order valence-corrected chi connectivity index (χ0v) is 12.0. The average molecular weight is 307 g/mol. The Labute approximate surface area is 126 Å². The number of hydrazine groups is 1. The van der Waals surface area contributed by atoms with Crippen LogP contribution in [0.25, 0.3) is 0 Å². The van der Waals surface area contributed by atoms with Crippen LogP contribution in [0.3, 0.4) is 0 Å². The molecule has 0 saturated carbocycles. The van der Waals surface area contributed by atoms with Crippen molar-refractivity contribution < 1.29 is 14.4 Å². The van der Waals surface area contributed by atoms with Crippen molar-refractivity contribution >= 4 is 29.0 Å². The lowest BCUT2D eigenvalue weighted by Crippen LogP contribution is -2.28. The number of anilines is 1. The van der Waals surface area contributed by atoms with E-state index in [1.165, 1.54) is 11.2 Å². The molecule has 8 nitrogen and oxygen atoms in total. The summed E-state index contributed by atoms with van der Waals surface area (Å²) >= 11 is 4.56. The van der Waals surface area contributed by atoms with Gasteiger partial charge in [0.1, 0.15) is 5.75 Å². The standard InChI is InChI=1S/C12H13N5O3S/c1-2-19-9-5-3-8(4-6-9)17-10(11(18)20-16-17)7-14-15-12(13)21/h3-7,16H,2H2,1H3,(H2,13,21). The molecule has 1 saturated heterocycles. The van der Waals surface area contributed by atoms with Gasteiger partial charge in [-0.05, 0) is 43.4 Å². The minimum Gasteiger partial charge on any atom is -0.494 e. The molecular formula is C12H13N5O3S. The molecule has 1 heterocycles. The first-order valence-corrected chi connectivity index (χ1v) is 6.43. The van der Waals surface area contributed by atoms with E-state index in [0.717, 1.165) is 5.75 Å². The normalized spacial score (nSPS) is 16.5. The van der Waals surface area contributed by atoms with E-state index in [0.29, 0.717) is 12.3 Å². The minimum absolute atomic E-state index is 0.126. The van der Waals surface area contributed by atoms with Gasteiger partial charge in [0.2, 0.25) is 5.11 Å². The first-order valence-electron chi connectivity index (χ1n) is 6.02. The second kappa shape index (κ2) is 6.77. The first-order chi connectivity index (χ1) is 10.1. The molecule has 2 rings (SSSR count). The Kier molecular flexibility index (Phi) is 4.80. The molecule has 0 aromatic heterocycles. The third kappa shape index (κ3) is 3.74. The number of carbonyl (C=O) groups is 1. The van der Waals surface area contributed by atoms with Gasteiger partial charge in [-0.2, -0.15) is 5.11 Å². The van der Waals surface area contributed by atoms with Crippen molar-refractivity contribution in [1.29, 1.82) is 0 Å². The molecule has 0 bridgehead atoms. The maximum Gasteiger partial charge on any atom is 0.378 e. The van der Waals surface area contributed by atoms with Gasteiger partial charge >= 0.3 is 5.97 Å². The van der Waals surface area contributed by atoms with Crippen LogP contribution in [0.5, 0.6) is 5.75 Å². The van der Waals surface area contributed by atoms with Gasteiger partial charge in [0.05, 0.1) is 18.5 Å². The van der Waals surface area contributed by atoms with Gasteiger partial charge in [-0.3, -0.25) is 0 Å². The number of nitrogens with two attached hydrogens (primary N) is 1. The fraction of sp³-hybridized carbons (Fsp3) is 0.167. The van der Waals surface area contributed by atoms with Crippen molar-refractivity contribution in [1.82, 2.24) is 5.59 Å². The molecule has 1 aromatic rings. The topological polar surface area (TPSA) is 102 Å². The van der Waals surface area contributed by atoms with Gasteiger partial charge in [0, 0.05) is 0 Å². The number of nitrogens with zero attached hydrogens (tertiary/aromatic N) is 3. The molecule has 0 atom stereocenters. The highest BCUT2D eigenvalue weighted by Crippen LogP contribution is 2.24. The Balaban J connectivity index is 2.20. The van der Waals surface area contributed by atoms with Crippen LogP contribution >= 0.6 is 12.2 Å². The van der Waals surface area contributed by atoms with Crippen LogP contribution in [0.4, 0.5) is 5.69 Å². The molecule has 1 aromatic carbocycles. The van der Waals surface area contributed by atoms with Crippen LogP contribution in [0.1, 0.15) is 6.92 Å². The predicted octanol–water partition coefficient (Wildman–Crippen LogP) is 1.41. The Morgan fingerprint density at radius 2 is 2.24 bits per heavy atom. The lowest BCUT2D eigenvalue weighted by atomic mass is 10.3. The van der Waals surface area contributed by atoms with Crippen molar-refractivity contribution in [3.05, 3.63) is 36.2 Å².